The molecule has 12 heteroatoms. The monoisotopic (exact) mass is 647 g/mol. The minimum absolute atomic E-state index is 0.0829. The van der Waals surface area contributed by atoms with Gasteiger partial charge in [0.1, 0.15) is 18.6 Å². The number of rotatable bonds is 10. The van der Waals surface area contributed by atoms with Gasteiger partial charge < -0.3 is 14.6 Å². The zero-order valence-electron chi connectivity index (χ0n) is 24.5. The van der Waals surface area contributed by atoms with Crippen LogP contribution in [0.25, 0.3) is 6.08 Å². The summed E-state index contributed by atoms with van der Waals surface area (Å²) in [6, 6.07) is 15.8. The second-order valence-electron chi connectivity index (χ2n) is 11.2. The molecule has 0 aromatic heterocycles. The van der Waals surface area contributed by atoms with E-state index in [2.05, 4.69) is 17.6 Å². The van der Waals surface area contributed by atoms with Gasteiger partial charge in [-0.15, -0.1) is 0 Å². The molecule has 1 aliphatic carbocycles. The molecule has 2 aliphatic rings. The molecule has 0 bridgehead atoms. The molecule has 244 valence electrons. The number of hydroxylamine groups is 1. The van der Waals surface area contributed by atoms with Crippen LogP contribution in [0.4, 0.5) is 26.3 Å². The Kier molecular flexibility index (Phi) is 10.4. The van der Waals surface area contributed by atoms with Crippen molar-refractivity contribution in [2.24, 2.45) is 5.92 Å². The standard InChI is InChI=1S/C34H31F6NO5/c35-33(36,37)26-16-23(17-27(19-26)34(38,39)40)15-25-10-9-24-18-28(11-12-29(24)32(25)43)45-20-22-6-4-21(5-7-22)8-13-30(42)41-46-31-3-1-2-14-44-31/h4,6,8,11-13,16-19,25,30-31,41-42H,1-3,9-10,14-15,20H2/b13-8+. The van der Waals surface area contributed by atoms with Crippen LogP contribution >= 0.6 is 0 Å². The predicted octanol–water partition coefficient (Wildman–Crippen LogP) is 7.27. The highest BCUT2D eigenvalue weighted by Gasteiger charge is 2.37. The fraction of sp³-hybridized carbons (Fsp3) is 0.382. The highest BCUT2D eigenvalue weighted by molar-refractivity contribution is 6.00. The lowest BCUT2D eigenvalue weighted by atomic mass is 9.79. The number of aliphatic hydroxyl groups is 1. The molecule has 1 heterocycles. The lowest BCUT2D eigenvalue weighted by Crippen LogP contribution is -2.34. The number of Topliss-reactive ketones (excluding diaryl/α,β-unsaturated/α-hetero) is 1. The second kappa shape index (κ2) is 14.3. The van der Waals surface area contributed by atoms with Gasteiger partial charge in [-0.1, -0.05) is 12.1 Å². The molecular formula is C34H31F6NO5. The number of ether oxygens (including phenoxy) is 2. The summed E-state index contributed by atoms with van der Waals surface area (Å²) >= 11 is 0. The first-order valence-corrected chi connectivity index (χ1v) is 14.8. The van der Waals surface area contributed by atoms with E-state index in [0.29, 0.717) is 53.2 Å². The summed E-state index contributed by atoms with van der Waals surface area (Å²) in [4.78, 5) is 18.5. The second-order valence-corrected chi connectivity index (χ2v) is 11.2. The molecule has 3 aromatic carbocycles. The summed E-state index contributed by atoms with van der Waals surface area (Å²) in [5.74, 6) is -0.595. The summed E-state index contributed by atoms with van der Waals surface area (Å²) in [5, 5.41) is 10.0. The van der Waals surface area contributed by atoms with Crippen molar-refractivity contribution >= 4 is 11.9 Å². The summed E-state index contributed by atoms with van der Waals surface area (Å²) in [5.41, 5.74) is 1.97. The van der Waals surface area contributed by atoms with Crippen molar-refractivity contribution in [3.63, 3.8) is 0 Å². The number of carbonyl (C=O) groups excluding carboxylic acids is 1. The van der Waals surface area contributed by atoms with E-state index in [1.54, 1.807) is 36.4 Å². The Morgan fingerprint density at radius 2 is 1.74 bits per heavy atom. The third-order valence-corrected chi connectivity index (χ3v) is 7.75. The molecule has 1 saturated heterocycles. The molecular weight excluding hydrogens is 616 g/mol. The fourth-order valence-electron chi connectivity index (χ4n) is 5.36. The van der Waals surface area contributed by atoms with E-state index in [1.165, 1.54) is 6.08 Å². The van der Waals surface area contributed by atoms with Crippen LogP contribution in [-0.2, 0) is 41.4 Å². The largest absolute Gasteiger partial charge is 0.488 e. The number of aryl methyl sites for hydroxylation is 1. The molecule has 5 rings (SSSR count). The van der Waals surface area contributed by atoms with Gasteiger partial charge in [0.25, 0.3) is 0 Å². The van der Waals surface area contributed by atoms with E-state index in [9.17, 15) is 36.2 Å². The predicted molar refractivity (Wildman–Crippen MR) is 154 cm³/mol. The van der Waals surface area contributed by atoms with Gasteiger partial charge in [-0.2, -0.15) is 31.8 Å². The van der Waals surface area contributed by atoms with Crippen LogP contribution in [0.1, 0.15) is 69.4 Å². The Bertz CT molecular complexity index is 1500. The van der Waals surface area contributed by atoms with Gasteiger partial charge >= 0.3 is 12.4 Å². The van der Waals surface area contributed by atoms with Gasteiger partial charge in [0.15, 0.2) is 12.1 Å². The zero-order valence-corrected chi connectivity index (χ0v) is 24.5. The van der Waals surface area contributed by atoms with Gasteiger partial charge in [0.2, 0.25) is 0 Å². The van der Waals surface area contributed by atoms with Crippen molar-refractivity contribution in [1.82, 2.24) is 5.48 Å². The van der Waals surface area contributed by atoms with E-state index in [4.69, 9.17) is 14.3 Å². The number of aliphatic hydroxyl groups excluding tert-OH is 1. The van der Waals surface area contributed by atoms with Crippen LogP contribution in [0.3, 0.4) is 0 Å². The molecule has 2 N–H and O–H groups in total. The molecule has 0 amide bonds. The average molecular weight is 648 g/mol. The van der Waals surface area contributed by atoms with Crippen LogP contribution in [0.15, 0.2) is 54.6 Å². The number of benzene rings is 2. The van der Waals surface area contributed by atoms with Crippen LogP contribution < -0.4 is 10.2 Å². The van der Waals surface area contributed by atoms with Crippen molar-refractivity contribution in [3.8, 4) is 5.75 Å². The lowest BCUT2D eigenvalue weighted by Gasteiger charge is -2.24. The summed E-state index contributed by atoms with van der Waals surface area (Å²) in [6.45, 7) is 0.785. The van der Waals surface area contributed by atoms with Crippen molar-refractivity contribution in [2.75, 3.05) is 6.61 Å². The Labute approximate surface area is 261 Å². The molecule has 0 saturated carbocycles. The SMILES string of the molecule is O=C1c2ccc(OCc3c#cc(/C=C/C(O)NOC4CCCCO4)cc3)cc2CCC1Cc1cc(C(F)(F)F)cc(C(F)(F)F)c1. The number of alkyl halides is 6. The van der Waals surface area contributed by atoms with E-state index < -0.39 is 35.6 Å². The lowest BCUT2D eigenvalue weighted by molar-refractivity contribution is -0.214. The van der Waals surface area contributed by atoms with E-state index in [0.717, 1.165) is 19.3 Å². The Hall–Kier alpha value is -3.89. The third kappa shape index (κ3) is 8.88. The molecule has 3 atom stereocenters. The highest BCUT2D eigenvalue weighted by Crippen LogP contribution is 2.38. The number of hydrogen-bond donors (Lipinski definition) is 2. The Morgan fingerprint density at radius 1 is 0.978 bits per heavy atom. The summed E-state index contributed by atoms with van der Waals surface area (Å²) in [6.07, 6.45) is -5.00. The molecule has 0 spiro atoms. The van der Waals surface area contributed by atoms with Gasteiger partial charge in [-0.3, -0.25) is 9.63 Å². The Morgan fingerprint density at radius 3 is 2.39 bits per heavy atom. The third-order valence-electron chi connectivity index (χ3n) is 7.75. The highest BCUT2D eigenvalue weighted by atomic mass is 19.4. The molecule has 1 fully saturated rings. The quantitative estimate of drug-likeness (QED) is 0.137. The minimum atomic E-state index is -4.95. The topological polar surface area (TPSA) is 77.0 Å². The van der Waals surface area contributed by atoms with Crippen molar-refractivity contribution in [3.05, 3.63) is 106 Å². The van der Waals surface area contributed by atoms with Gasteiger partial charge in [-0.05, 0) is 104 Å². The van der Waals surface area contributed by atoms with E-state index in [-0.39, 0.29) is 43.2 Å². The summed E-state index contributed by atoms with van der Waals surface area (Å²) < 4.78 is 90.9. The molecule has 46 heavy (non-hydrogen) atoms. The summed E-state index contributed by atoms with van der Waals surface area (Å²) in [7, 11) is 0. The van der Waals surface area contributed by atoms with Crippen molar-refractivity contribution in [1.29, 1.82) is 0 Å². The first-order valence-electron chi connectivity index (χ1n) is 14.8. The van der Waals surface area contributed by atoms with E-state index in [1.807, 2.05) is 0 Å². The number of ketones is 1. The van der Waals surface area contributed by atoms with Gasteiger partial charge in [-0.25, -0.2) is 0 Å². The van der Waals surface area contributed by atoms with Gasteiger partial charge in [0.05, 0.1) is 11.1 Å². The number of hydrogen-bond acceptors (Lipinski definition) is 6. The number of nitrogens with one attached hydrogen (secondary N) is 1. The normalized spacial score (nSPS) is 19.5. The van der Waals surface area contributed by atoms with Crippen molar-refractivity contribution < 1.29 is 50.6 Å². The first-order chi connectivity index (χ1) is 21.8. The smallest absolute Gasteiger partial charge is 0.416 e. The number of fused-ring (bicyclic) bond motifs is 1. The fourth-order valence-corrected chi connectivity index (χ4v) is 5.36. The van der Waals surface area contributed by atoms with Crippen LogP contribution in [-0.4, -0.2) is 30.0 Å². The maximum atomic E-state index is 13.3. The number of halogens is 6. The molecule has 3 aromatic rings. The molecule has 3 unspecified atom stereocenters. The Balaban J connectivity index is 1.15. The number of carbonyl (C=O) groups is 1. The van der Waals surface area contributed by atoms with Gasteiger partial charge in [0, 0.05) is 35.6 Å². The maximum absolute atomic E-state index is 13.3. The van der Waals surface area contributed by atoms with Crippen LogP contribution in [0.2, 0.25) is 0 Å². The molecule has 1 aliphatic heterocycles. The van der Waals surface area contributed by atoms with Crippen LogP contribution in [0, 0.1) is 18.1 Å². The average Bonchev–Trinajstić information content (AvgIpc) is 3.03. The maximum Gasteiger partial charge on any atom is 0.416 e. The molecule has 0 radical (unpaired) electrons. The molecule has 6 nitrogen and oxygen atoms in total. The first kappa shape index (κ1) is 33.5. The van der Waals surface area contributed by atoms with Crippen LogP contribution in [0.5, 0.6) is 5.75 Å². The zero-order chi connectivity index (χ0) is 32.9. The van der Waals surface area contributed by atoms with Crippen molar-refractivity contribution in [2.45, 2.75) is 70.0 Å². The minimum Gasteiger partial charge on any atom is -0.488 e. The van der Waals surface area contributed by atoms with E-state index >= 15 is 0 Å².